The van der Waals surface area contributed by atoms with Crippen LogP contribution in [-0.2, 0) is 17.9 Å². The number of aryl methyl sites for hydroxylation is 2. The van der Waals surface area contributed by atoms with E-state index in [4.69, 9.17) is 0 Å². The highest BCUT2D eigenvalue weighted by atomic mass is 16.1. The minimum Gasteiger partial charge on any atom is -0.300 e. The largest absolute Gasteiger partial charge is 0.300 e. The molecule has 0 N–H and O–H groups in total. The molecule has 0 fully saturated rings. The lowest BCUT2D eigenvalue weighted by Gasteiger charge is -2.01. The monoisotopic (exact) mass is 220 g/mol. The molecule has 84 valence electrons. The van der Waals surface area contributed by atoms with E-state index in [0.717, 1.165) is 0 Å². The van der Waals surface area contributed by atoms with Gasteiger partial charge >= 0.3 is 0 Å². The number of carbonyl (C=O) groups is 1. The topological polar surface area (TPSA) is 78.5 Å². The molecule has 2 rings (SSSR count). The summed E-state index contributed by atoms with van der Waals surface area (Å²) in [6.45, 7) is 1.16. The number of carbonyl (C=O) groups excluding carboxylic acids is 1. The third-order valence-electron chi connectivity index (χ3n) is 2.17. The van der Waals surface area contributed by atoms with Crippen LogP contribution in [0, 0.1) is 0 Å². The average molecular weight is 220 g/mol. The Kier molecular flexibility index (Phi) is 3.37. The van der Waals surface area contributed by atoms with Gasteiger partial charge in [0.05, 0.1) is 0 Å². The minimum atomic E-state index is 0.186. The first-order chi connectivity index (χ1) is 7.84. The van der Waals surface area contributed by atoms with Crippen LogP contribution in [0.2, 0.25) is 0 Å². The molecule has 7 nitrogen and oxygen atoms in total. The van der Waals surface area contributed by atoms with E-state index in [1.165, 1.54) is 12.7 Å². The van der Waals surface area contributed by atoms with Crippen LogP contribution in [0.4, 0.5) is 0 Å². The zero-order chi connectivity index (χ0) is 11.2. The molecule has 0 spiro atoms. The molecule has 0 saturated carbocycles. The van der Waals surface area contributed by atoms with E-state index in [1.807, 2.05) is 0 Å². The van der Waals surface area contributed by atoms with E-state index in [2.05, 4.69) is 20.2 Å². The van der Waals surface area contributed by atoms with E-state index in [0.29, 0.717) is 25.9 Å². The third-order valence-corrected chi connectivity index (χ3v) is 2.17. The van der Waals surface area contributed by atoms with E-state index in [9.17, 15) is 4.79 Å². The molecule has 0 aliphatic rings. The van der Waals surface area contributed by atoms with E-state index in [1.54, 1.807) is 22.0 Å². The summed E-state index contributed by atoms with van der Waals surface area (Å²) in [6.07, 6.45) is 7.06. The average Bonchev–Trinajstić information content (AvgIpc) is 2.96. The normalized spacial score (nSPS) is 10.5. The van der Waals surface area contributed by atoms with E-state index < -0.39 is 0 Å². The summed E-state index contributed by atoms with van der Waals surface area (Å²) in [4.78, 5) is 19.1. The zero-order valence-electron chi connectivity index (χ0n) is 8.73. The molecule has 2 aromatic rings. The number of rotatable bonds is 6. The Labute approximate surface area is 92.1 Å². The second kappa shape index (κ2) is 5.15. The van der Waals surface area contributed by atoms with Gasteiger partial charge in [-0.05, 0) is 0 Å². The number of hydrogen-bond donors (Lipinski definition) is 0. The molecule has 0 atom stereocenters. The molecule has 2 heterocycles. The first-order valence-electron chi connectivity index (χ1n) is 5.01. The lowest BCUT2D eigenvalue weighted by Crippen LogP contribution is -2.09. The summed E-state index contributed by atoms with van der Waals surface area (Å²) >= 11 is 0. The molecular weight excluding hydrogens is 208 g/mol. The van der Waals surface area contributed by atoms with Gasteiger partial charge in [-0.25, -0.2) is 9.97 Å². The summed E-state index contributed by atoms with van der Waals surface area (Å²) in [5, 5.41) is 7.85. The molecule has 0 aromatic carbocycles. The maximum absolute atomic E-state index is 11.5. The van der Waals surface area contributed by atoms with Crippen molar-refractivity contribution in [2.24, 2.45) is 0 Å². The molecule has 0 aliphatic carbocycles. The first kappa shape index (κ1) is 10.5. The predicted molar refractivity (Wildman–Crippen MR) is 54.3 cm³/mol. The van der Waals surface area contributed by atoms with Crippen molar-refractivity contribution in [2.75, 3.05) is 0 Å². The first-order valence-corrected chi connectivity index (χ1v) is 5.01. The van der Waals surface area contributed by atoms with Crippen molar-refractivity contribution in [3.05, 3.63) is 25.3 Å². The summed E-state index contributed by atoms with van der Waals surface area (Å²) in [5.41, 5.74) is 0. The van der Waals surface area contributed by atoms with Gasteiger partial charge in [-0.1, -0.05) is 0 Å². The number of nitrogens with zero attached hydrogens (tertiary/aromatic N) is 6. The molecule has 0 amide bonds. The van der Waals surface area contributed by atoms with Gasteiger partial charge in [-0.3, -0.25) is 14.2 Å². The van der Waals surface area contributed by atoms with Crippen LogP contribution in [0.5, 0.6) is 0 Å². The van der Waals surface area contributed by atoms with Crippen molar-refractivity contribution in [1.29, 1.82) is 0 Å². The third kappa shape index (κ3) is 2.97. The van der Waals surface area contributed by atoms with Crippen molar-refractivity contribution in [3.8, 4) is 0 Å². The Morgan fingerprint density at radius 2 is 1.44 bits per heavy atom. The maximum Gasteiger partial charge on any atom is 0.137 e. The molecule has 7 heteroatoms. The van der Waals surface area contributed by atoms with Crippen molar-refractivity contribution in [1.82, 2.24) is 29.5 Å². The zero-order valence-corrected chi connectivity index (χ0v) is 8.73. The second-order valence-electron chi connectivity index (χ2n) is 3.36. The highest BCUT2D eigenvalue weighted by Gasteiger charge is 2.03. The van der Waals surface area contributed by atoms with Crippen LogP contribution in [0.3, 0.4) is 0 Å². The van der Waals surface area contributed by atoms with Gasteiger partial charge in [0, 0.05) is 25.9 Å². The van der Waals surface area contributed by atoms with Crippen LogP contribution in [0.25, 0.3) is 0 Å². The van der Waals surface area contributed by atoms with Crippen LogP contribution in [0.15, 0.2) is 25.3 Å². The number of hydrogen-bond acceptors (Lipinski definition) is 5. The van der Waals surface area contributed by atoms with Gasteiger partial charge < -0.3 is 0 Å². The van der Waals surface area contributed by atoms with Crippen LogP contribution in [0.1, 0.15) is 12.8 Å². The van der Waals surface area contributed by atoms with Gasteiger partial charge in [0.2, 0.25) is 0 Å². The van der Waals surface area contributed by atoms with Gasteiger partial charge in [0.1, 0.15) is 31.1 Å². The van der Waals surface area contributed by atoms with Crippen LogP contribution in [-0.4, -0.2) is 35.3 Å². The fraction of sp³-hybridized carbons (Fsp3) is 0.444. The Morgan fingerprint density at radius 1 is 0.938 bits per heavy atom. The highest BCUT2D eigenvalue weighted by molar-refractivity contribution is 5.78. The van der Waals surface area contributed by atoms with Gasteiger partial charge in [0.15, 0.2) is 0 Å². The Morgan fingerprint density at radius 3 is 1.81 bits per heavy atom. The number of aromatic nitrogens is 6. The molecule has 2 aromatic heterocycles. The highest BCUT2D eigenvalue weighted by Crippen LogP contribution is 1.96. The molecule has 0 bridgehead atoms. The standard InChI is InChI=1S/C9H12N6O/c16-9(1-3-14-7-10-5-12-14)2-4-15-8-11-6-13-15/h5-8H,1-4H2. The lowest BCUT2D eigenvalue weighted by molar-refractivity contribution is -0.119. The van der Waals surface area contributed by atoms with E-state index >= 15 is 0 Å². The summed E-state index contributed by atoms with van der Waals surface area (Å²) in [7, 11) is 0. The summed E-state index contributed by atoms with van der Waals surface area (Å²) in [5.74, 6) is 0.186. The Bertz CT molecular complexity index is 381. The van der Waals surface area contributed by atoms with Gasteiger partial charge in [-0.15, -0.1) is 0 Å². The van der Waals surface area contributed by atoms with Crippen LogP contribution >= 0.6 is 0 Å². The molecule has 0 unspecified atom stereocenters. The smallest absolute Gasteiger partial charge is 0.137 e. The van der Waals surface area contributed by atoms with Crippen molar-refractivity contribution in [2.45, 2.75) is 25.9 Å². The van der Waals surface area contributed by atoms with Gasteiger partial charge in [0.25, 0.3) is 0 Å². The maximum atomic E-state index is 11.5. The second-order valence-corrected chi connectivity index (χ2v) is 3.36. The minimum absolute atomic E-state index is 0.186. The Hall–Kier alpha value is -2.05. The fourth-order valence-corrected chi connectivity index (χ4v) is 1.30. The Balaban J connectivity index is 1.69. The van der Waals surface area contributed by atoms with E-state index in [-0.39, 0.29) is 5.78 Å². The number of Topliss-reactive ketones (excluding diaryl/α,β-unsaturated/α-hetero) is 1. The van der Waals surface area contributed by atoms with Crippen molar-refractivity contribution in [3.63, 3.8) is 0 Å². The van der Waals surface area contributed by atoms with Crippen molar-refractivity contribution < 1.29 is 4.79 Å². The summed E-state index contributed by atoms with van der Waals surface area (Å²) < 4.78 is 3.29. The van der Waals surface area contributed by atoms with Gasteiger partial charge in [-0.2, -0.15) is 10.2 Å². The molecule has 0 saturated heterocycles. The predicted octanol–water partition coefficient (Wildman–Crippen LogP) is -0.0809. The number of ketones is 1. The lowest BCUT2D eigenvalue weighted by atomic mass is 10.2. The quantitative estimate of drug-likeness (QED) is 0.680. The molecular formula is C9H12N6O. The van der Waals surface area contributed by atoms with Crippen LogP contribution < -0.4 is 0 Å². The molecule has 0 aliphatic heterocycles. The van der Waals surface area contributed by atoms with Crippen molar-refractivity contribution >= 4 is 5.78 Å². The molecule has 16 heavy (non-hydrogen) atoms. The SMILES string of the molecule is O=C(CCn1cncn1)CCn1cncn1. The fourth-order valence-electron chi connectivity index (χ4n) is 1.30. The molecule has 0 radical (unpaired) electrons. The summed E-state index contributed by atoms with van der Waals surface area (Å²) in [6, 6.07) is 0.